The molecule has 0 aromatic carbocycles. The van der Waals surface area contributed by atoms with Crippen molar-refractivity contribution in [3.8, 4) is 5.82 Å². The minimum absolute atomic E-state index is 0.0294. The zero-order valence-electron chi connectivity index (χ0n) is 17.2. The number of nitrogens with zero attached hydrogens (tertiary/aromatic N) is 7. The fourth-order valence-corrected chi connectivity index (χ4v) is 3.58. The van der Waals surface area contributed by atoms with E-state index in [0.29, 0.717) is 18.3 Å². The lowest BCUT2D eigenvalue weighted by Crippen LogP contribution is -2.37. The van der Waals surface area contributed by atoms with Crippen molar-refractivity contribution >= 4 is 5.82 Å². The van der Waals surface area contributed by atoms with Gasteiger partial charge in [-0.15, -0.1) is 0 Å². The van der Waals surface area contributed by atoms with Crippen LogP contribution in [0.2, 0.25) is 0 Å². The molecule has 1 saturated heterocycles. The van der Waals surface area contributed by atoms with Crippen molar-refractivity contribution in [1.82, 2.24) is 29.5 Å². The summed E-state index contributed by atoms with van der Waals surface area (Å²) in [5.74, 6) is 2.00. The summed E-state index contributed by atoms with van der Waals surface area (Å²) in [6, 6.07) is 5.34. The van der Waals surface area contributed by atoms with Crippen molar-refractivity contribution in [3.63, 3.8) is 0 Å². The average molecular weight is 393 g/mol. The Balaban J connectivity index is 1.42. The lowest BCUT2D eigenvalue weighted by Gasteiger charge is -2.32. The highest BCUT2D eigenvalue weighted by Gasteiger charge is 2.23. The minimum Gasteiger partial charge on any atom is -0.355 e. The molecule has 0 radical (unpaired) electrons. The maximum atomic E-state index is 12.3. The summed E-state index contributed by atoms with van der Waals surface area (Å²) in [6.45, 7) is 8.77. The topological polar surface area (TPSA) is 81.7 Å². The van der Waals surface area contributed by atoms with Gasteiger partial charge in [-0.3, -0.25) is 9.78 Å². The van der Waals surface area contributed by atoms with Crippen LogP contribution in [-0.2, 0) is 12.0 Å². The molecule has 8 nitrogen and oxygen atoms in total. The van der Waals surface area contributed by atoms with Gasteiger partial charge in [0, 0.05) is 43.5 Å². The molecule has 0 atom stereocenters. The molecule has 8 heteroatoms. The summed E-state index contributed by atoms with van der Waals surface area (Å²) in [6.07, 6.45) is 9.07. The normalized spacial score (nSPS) is 15.6. The van der Waals surface area contributed by atoms with E-state index in [0.717, 1.165) is 37.4 Å². The van der Waals surface area contributed by atoms with Crippen molar-refractivity contribution in [2.24, 2.45) is 5.92 Å². The maximum Gasteiger partial charge on any atom is 0.266 e. The van der Waals surface area contributed by atoms with Crippen LogP contribution in [0.5, 0.6) is 0 Å². The molecule has 0 bridgehead atoms. The van der Waals surface area contributed by atoms with Crippen LogP contribution in [0.25, 0.3) is 5.82 Å². The van der Waals surface area contributed by atoms with Crippen LogP contribution in [0.3, 0.4) is 0 Å². The Hall–Kier alpha value is -3.03. The van der Waals surface area contributed by atoms with E-state index in [-0.39, 0.29) is 11.0 Å². The van der Waals surface area contributed by atoms with Crippen molar-refractivity contribution in [3.05, 3.63) is 59.0 Å². The van der Waals surface area contributed by atoms with Gasteiger partial charge in [-0.1, -0.05) is 20.8 Å². The zero-order valence-corrected chi connectivity index (χ0v) is 17.2. The smallest absolute Gasteiger partial charge is 0.266 e. The van der Waals surface area contributed by atoms with E-state index in [9.17, 15) is 4.79 Å². The van der Waals surface area contributed by atoms with E-state index >= 15 is 0 Å². The van der Waals surface area contributed by atoms with Gasteiger partial charge in [-0.25, -0.2) is 14.3 Å². The van der Waals surface area contributed by atoms with Gasteiger partial charge in [-0.2, -0.15) is 10.2 Å². The van der Waals surface area contributed by atoms with Gasteiger partial charge in [0.05, 0.1) is 18.1 Å². The van der Waals surface area contributed by atoms with Crippen LogP contribution in [-0.4, -0.2) is 42.6 Å². The van der Waals surface area contributed by atoms with Crippen LogP contribution in [0, 0.1) is 5.92 Å². The molecule has 4 heterocycles. The number of piperidine rings is 1. The average Bonchev–Trinajstić information content (AvgIpc) is 3.24. The molecule has 0 aliphatic carbocycles. The number of hydrogen-bond acceptors (Lipinski definition) is 6. The highest BCUT2D eigenvalue weighted by atomic mass is 16.1. The Morgan fingerprint density at radius 1 is 1.10 bits per heavy atom. The van der Waals surface area contributed by atoms with E-state index in [1.807, 2.05) is 18.3 Å². The number of anilines is 1. The van der Waals surface area contributed by atoms with Gasteiger partial charge < -0.3 is 4.90 Å². The summed E-state index contributed by atoms with van der Waals surface area (Å²) in [5.41, 5.74) is 0.843. The highest BCUT2D eigenvalue weighted by molar-refractivity contribution is 5.39. The Morgan fingerprint density at radius 3 is 2.55 bits per heavy atom. The van der Waals surface area contributed by atoms with E-state index in [1.54, 1.807) is 34.0 Å². The van der Waals surface area contributed by atoms with Gasteiger partial charge in [0.15, 0.2) is 5.82 Å². The molecule has 29 heavy (non-hydrogen) atoms. The molecule has 0 amide bonds. The number of rotatable bonds is 4. The summed E-state index contributed by atoms with van der Waals surface area (Å²) in [7, 11) is 0. The quantitative estimate of drug-likeness (QED) is 0.677. The molecule has 3 aromatic heterocycles. The van der Waals surface area contributed by atoms with Crippen LogP contribution >= 0.6 is 0 Å². The van der Waals surface area contributed by atoms with Crippen LogP contribution < -0.4 is 10.5 Å². The van der Waals surface area contributed by atoms with Crippen molar-refractivity contribution < 1.29 is 0 Å². The van der Waals surface area contributed by atoms with E-state index in [4.69, 9.17) is 4.98 Å². The van der Waals surface area contributed by atoms with E-state index in [1.165, 1.54) is 0 Å². The highest BCUT2D eigenvalue weighted by Crippen LogP contribution is 2.23. The first-order valence-electron chi connectivity index (χ1n) is 10.1. The molecular formula is C21H27N7O. The van der Waals surface area contributed by atoms with Crippen molar-refractivity contribution in [2.45, 2.75) is 45.6 Å². The third-order valence-electron chi connectivity index (χ3n) is 5.35. The van der Waals surface area contributed by atoms with Gasteiger partial charge in [0.2, 0.25) is 0 Å². The van der Waals surface area contributed by atoms with E-state index < -0.39 is 0 Å². The third kappa shape index (κ3) is 4.36. The van der Waals surface area contributed by atoms with Gasteiger partial charge >= 0.3 is 0 Å². The Kier molecular flexibility index (Phi) is 5.17. The molecule has 0 N–H and O–H groups in total. The van der Waals surface area contributed by atoms with Gasteiger partial charge in [-0.05, 0) is 30.9 Å². The van der Waals surface area contributed by atoms with Gasteiger partial charge in [0.1, 0.15) is 5.82 Å². The summed E-state index contributed by atoms with van der Waals surface area (Å²) < 4.78 is 3.35. The molecule has 0 spiro atoms. The minimum atomic E-state index is -0.0723. The molecule has 4 rings (SSSR count). The molecule has 0 unspecified atom stereocenters. The molecule has 0 saturated carbocycles. The number of aromatic nitrogens is 6. The molecule has 3 aromatic rings. The Labute approximate surface area is 170 Å². The van der Waals surface area contributed by atoms with Crippen LogP contribution in [0.15, 0.2) is 47.8 Å². The first-order valence-corrected chi connectivity index (χ1v) is 10.1. The summed E-state index contributed by atoms with van der Waals surface area (Å²) >= 11 is 0. The predicted octanol–water partition coefficient (Wildman–Crippen LogP) is 2.43. The maximum absolute atomic E-state index is 12.3. The number of hydrogen-bond donors (Lipinski definition) is 0. The second-order valence-electron chi connectivity index (χ2n) is 8.61. The van der Waals surface area contributed by atoms with Crippen LogP contribution in [0.4, 0.5) is 5.82 Å². The third-order valence-corrected chi connectivity index (χ3v) is 5.35. The predicted molar refractivity (Wildman–Crippen MR) is 111 cm³/mol. The van der Waals surface area contributed by atoms with Crippen molar-refractivity contribution in [1.29, 1.82) is 0 Å². The van der Waals surface area contributed by atoms with Crippen molar-refractivity contribution in [2.75, 3.05) is 18.0 Å². The Morgan fingerprint density at radius 2 is 1.86 bits per heavy atom. The first kappa shape index (κ1) is 19.3. The Bertz CT molecular complexity index is 1010. The second-order valence-corrected chi connectivity index (χ2v) is 8.61. The van der Waals surface area contributed by atoms with E-state index in [2.05, 4.69) is 40.9 Å². The lowest BCUT2D eigenvalue weighted by molar-refractivity contribution is 0.329. The largest absolute Gasteiger partial charge is 0.355 e. The first-order chi connectivity index (χ1) is 13.9. The monoisotopic (exact) mass is 393 g/mol. The van der Waals surface area contributed by atoms with Crippen LogP contribution in [0.1, 0.15) is 39.3 Å². The van der Waals surface area contributed by atoms with Gasteiger partial charge in [0.25, 0.3) is 5.56 Å². The summed E-state index contributed by atoms with van der Waals surface area (Å²) in [5, 5.41) is 8.83. The fraction of sp³-hybridized carbons (Fsp3) is 0.476. The summed E-state index contributed by atoms with van der Waals surface area (Å²) in [4.78, 5) is 23.5. The standard InChI is InChI=1S/C21H27N7O/c1-21(2,3)17-5-6-20(29)28(25-17)15-16-7-11-26(12-8-16)18-13-22-14-19(24-18)27-10-4-9-23-27/h4-6,9-10,13-14,16H,7-8,11-12,15H2,1-3H3. The lowest BCUT2D eigenvalue weighted by atomic mass is 9.92. The second kappa shape index (κ2) is 7.77. The zero-order chi connectivity index (χ0) is 20.4. The fourth-order valence-electron chi connectivity index (χ4n) is 3.58. The molecule has 152 valence electrons. The molecule has 1 fully saturated rings. The molecule has 1 aliphatic rings. The molecular weight excluding hydrogens is 366 g/mol. The SMILES string of the molecule is CC(C)(C)c1ccc(=O)n(CC2CCN(c3cncc(-n4cccn4)n3)CC2)n1. The molecule has 1 aliphatic heterocycles.